The number of aromatic nitrogens is 1. The Hall–Kier alpha value is -3.09. The van der Waals surface area contributed by atoms with Gasteiger partial charge in [0, 0.05) is 23.5 Å². The van der Waals surface area contributed by atoms with Gasteiger partial charge in [-0.2, -0.15) is 11.8 Å². The van der Waals surface area contributed by atoms with Gasteiger partial charge in [0.05, 0.1) is 5.02 Å². The van der Waals surface area contributed by atoms with Crippen molar-refractivity contribution < 1.29 is 14.7 Å². The van der Waals surface area contributed by atoms with Crippen LogP contribution in [0.25, 0.3) is 23.3 Å². The summed E-state index contributed by atoms with van der Waals surface area (Å²) in [5, 5.41) is 12.8. The monoisotopic (exact) mass is 480 g/mol. The first kappa shape index (κ1) is 24.6. The van der Waals surface area contributed by atoms with Crippen LogP contribution in [0.4, 0.5) is 0 Å². The number of aryl methyl sites for hydroxylation is 1. The third kappa shape index (κ3) is 6.46. The topological polar surface area (TPSA) is 79.3 Å². The van der Waals surface area contributed by atoms with E-state index < -0.39 is 17.9 Å². The number of pyridine rings is 1. The molecule has 7 heteroatoms. The molecular weight excluding hydrogens is 456 g/mol. The molecule has 33 heavy (non-hydrogen) atoms. The minimum Gasteiger partial charge on any atom is -0.480 e. The predicted molar refractivity (Wildman–Crippen MR) is 137 cm³/mol. The first-order chi connectivity index (χ1) is 15.9. The Bertz CT molecular complexity index is 1180. The van der Waals surface area contributed by atoms with Crippen LogP contribution >= 0.6 is 23.4 Å². The predicted octanol–water partition coefficient (Wildman–Crippen LogP) is 5.82. The smallest absolute Gasteiger partial charge is 0.326 e. The first-order valence-electron chi connectivity index (χ1n) is 10.4. The van der Waals surface area contributed by atoms with E-state index in [1.165, 1.54) is 0 Å². The zero-order valence-corrected chi connectivity index (χ0v) is 20.0. The molecule has 0 bridgehead atoms. The van der Waals surface area contributed by atoms with E-state index in [0.29, 0.717) is 22.8 Å². The Labute approximate surface area is 202 Å². The van der Waals surface area contributed by atoms with Crippen LogP contribution in [-0.2, 0) is 4.79 Å². The average molecular weight is 481 g/mol. The van der Waals surface area contributed by atoms with E-state index in [0.717, 1.165) is 27.8 Å². The van der Waals surface area contributed by atoms with Crippen LogP contribution in [-0.4, -0.2) is 40.0 Å². The van der Waals surface area contributed by atoms with Crippen molar-refractivity contribution in [3.05, 3.63) is 88.2 Å². The van der Waals surface area contributed by atoms with Crippen LogP contribution in [0.2, 0.25) is 5.02 Å². The van der Waals surface area contributed by atoms with Gasteiger partial charge in [-0.1, -0.05) is 54.1 Å². The summed E-state index contributed by atoms with van der Waals surface area (Å²) in [6.07, 6.45) is 9.35. The summed E-state index contributed by atoms with van der Waals surface area (Å²) >= 11 is 7.76. The van der Waals surface area contributed by atoms with Gasteiger partial charge in [-0.3, -0.25) is 9.78 Å². The molecule has 1 atom stereocenters. The maximum absolute atomic E-state index is 13.1. The molecule has 0 saturated heterocycles. The van der Waals surface area contributed by atoms with E-state index in [9.17, 15) is 14.7 Å². The van der Waals surface area contributed by atoms with Gasteiger partial charge in [0.25, 0.3) is 5.91 Å². The van der Waals surface area contributed by atoms with Crippen LogP contribution in [0, 0.1) is 6.92 Å². The van der Waals surface area contributed by atoms with Gasteiger partial charge in [-0.05, 0) is 65.8 Å². The number of halogens is 1. The Balaban J connectivity index is 1.99. The minimum absolute atomic E-state index is 0.356. The Morgan fingerprint density at radius 2 is 1.94 bits per heavy atom. The fourth-order valence-corrected chi connectivity index (χ4v) is 4.03. The fourth-order valence-electron chi connectivity index (χ4n) is 3.39. The van der Waals surface area contributed by atoms with Crippen molar-refractivity contribution in [3.63, 3.8) is 0 Å². The molecule has 0 radical (unpaired) electrons. The van der Waals surface area contributed by atoms with E-state index in [-0.39, 0.29) is 0 Å². The molecular formula is C26H25ClN2O3S. The fraction of sp³-hybridized carbons (Fsp3) is 0.192. The number of aliphatic carboxylic acids is 1. The molecule has 3 aromatic rings. The lowest BCUT2D eigenvalue weighted by Crippen LogP contribution is -2.41. The Morgan fingerprint density at radius 3 is 2.64 bits per heavy atom. The van der Waals surface area contributed by atoms with Crippen molar-refractivity contribution in [2.45, 2.75) is 19.4 Å². The lowest BCUT2D eigenvalue weighted by Gasteiger charge is -2.17. The molecule has 0 aliphatic heterocycles. The van der Waals surface area contributed by atoms with Crippen molar-refractivity contribution in [3.8, 4) is 11.1 Å². The highest BCUT2D eigenvalue weighted by Crippen LogP contribution is 2.29. The standard InChI is InChI=1S/C26H25ClN2O3S/c1-17-5-3-4-6-20(17)22-15-18(7-9-19-16-28-13-11-23(19)27)8-10-21(22)25(30)29-24(26(31)32)12-14-33-2/h3-11,13,15-16,24H,12,14H2,1-2H3,(H,29,30)(H,31,32)/b9-7+. The molecule has 1 unspecified atom stereocenters. The van der Waals surface area contributed by atoms with Gasteiger partial charge in [0.1, 0.15) is 6.04 Å². The van der Waals surface area contributed by atoms with Gasteiger partial charge >= 0.3 is 5.97 Å². The SMILES string of the molecule is CSCCC(NC(=O)c1ccc(/C=C/c2cnccc2Cl)cc1-c1ccccc1C)C(=O)O. The van der Waals surface area contributed by atoms with Gasteiger partial charge < -0.3 is 10.4 Å². The highest BCUT2D eigenvalue weighted by molar-refractivity contribution is 7.98. The Morgan fingerprint density at radius 1 is 1.15 bits per heavy atom. The second-order valence-corrected chi connectivity index (χ2v) is 8.89. The zero-order valence-electron chi connectivity index (χ0n) is 18.4. The van der Waals surface area contributed by atoms with E-state index >= 15 is 0 Å². The average Bonchev–Trinajstić information content (AvgIpc) is 2.81. The van der Waals surface area contributed by atoms with E-state index in [1.807, 2.05) is 61.7 Å². The molecule has 3 rings (SSSR count). The summed E-state index contributed by atoms with van der Waals surface area (Å²) in [6.45, 7) is 1.98. The quantitative estimate of drug-likeness (QED) is 0.403. The van der Waals surface area contributed by atoms with Gasteiger partial charge in [-0.25, -0.2) is 4.79 Å². The van der Waals surface area contributed by atoms with Gasteiger partial charge in [0.15, 0.2) is 0 Å². The van der Waals surface area contributed by atoms with E-state index in [1.54, 1.807) is 36.3 Å². The molecule has 1 aromatic heterocycles. The molecule has 0 spiro atoms. The van der Waals surface area contributed by atoms with Crippen LogP contribution in [0.5, 0.6) is 0 Å². The third-order valence-electron chi connectivity index (χ3n) is 5.19. The molecule has 0 aliphatic carbocycles. The first-order valence-corrected chi connectivity index (χ1v) is 12.2. The number of thioether (sulfide) groups is 1. The highest BCUT2D eigenvalue weighted by atomic mass is 35.5. The number of hydrogen-bond acceptors (Lipinski definition) is 4. The number of hydrogen-bond donors (Lipinski definition) is 2. The maximum atomic E-state index is 13.1. The molecule has 0 fully saturated rings. The molecule has 5 nitrogen and oxygen atoms in total. The lowest BCUT2D eigenvalue weighted by atomic mass is 9.93. The molecule has 170 valence electrons. The van der Waals surface area contributed by atoms with Gasteiger partial charge in [-0.15, -0.1) is 0 Å². The van der Waals surface area contributed by atoms with Crippen molar-refractivity contribution in [1.29, 1.82) is 0 Å². The van der Waals surface area contributed by atoms with E-state index in [2.05, 4.69) is 10.3 Å². The summed E-state index contributed by atoms with van der Waals surface area (Å²) in [6, 6.07) is 14.1. The van der Waals surface area contributed by atoms with E-state index in [4.69, 9.17) is 11.6 Å². The summed E-state index contributed by atoms with van der Waals surface area (Å²) in [5.74, 6) is -0.807. The number of nitrogens with one attached hydrogen (secondary N) is 1. The molecule has 2 aromatic carbocycles. The summed E-state index contributed by atoms with van der Waals surface area (Å²) < 4.78 is 0. The van der Waals surface area contributed by atoms with Crippen molar-refractivity contribution in [2.24, 2.45) is 0 Å². The molecule has 0 aliphatic rings. The van der Waals surface area contributed by atoms with Gasteiger partial charge in [0.2, 0.25) is 0 Å². The largest absolute Gasteiger partial charge is 0.480 e. The summed E-state index contributed by atoms with van der Waals surface area (Å²) in [7, 11) is 0. The Kier molecular flexibility index (Phi) is 8.69. The number of amides is 1. The van der Waals surface area contributed by atoms with Crippen molar-refractivity contribution >= 4 is 47.4 Å². The zero-order chi connectivity index (χ0) is 23.8. The van der Waals surface area contributed by atoms with Crippen LogP contribution < -0.4 is 5.32 Å². The molecule has 0 saturated carbocycles. The second kappa shape index (κ2) is 11.7. The van der Waals surface area contributed by atoms with Crippen LogP contribution in [0.3, 0.4) is 0 Å². The number of carboxylic acids is 1. The van der Waals surface area contributed by atoms with Crippen LogP contribution in [0.15, 0.2) is 60.9 Å². The van der Waals surface area contributed by atoms with Crippen molar-refractivity contribution in [2.75, 3.05) is 12.0 Å². The number of carbonyl (C=O) groups is 2. The molecule has 1 heterocycles. The highest BCUT2D eigenvalue weighted by Gasteiger charge is 2.22. The number of carboxylic acid groups (broad SMARTS) is 1. The third-order valence-corrected chi connectivity index (χ3v) is 6.18. The number of benzene rings is 2. The summed E-state index contributed by atoms with van der Waals surface area (Å²) in [4.78, 5) is 28.9. The molecule has 1 amide bonds. The normalized spacial score (nSPS) is 12.0. The lowest BCUT2D eigenvalue weighted by molar-refractivity contribution is -0.139. The maximum Gasteiger partial charge on any atom is 0.326 e. The van der Waals surface area contributed by atoms with Crippen LogP contribution in [0.1, 0.15) is 33.5 Å². The number of rotatable bonds is 9. The van der Waals surface area contributed by atoms with Crippen molar-refractivity contribution in [1.82, 2.24) is 10.3 Å². The number of carbonyl (C=O) groups excluding carboxylic acids is 1. The second-order valence-electron chi connectivity index (χ2n) is 7.50. The molecule has 2 N–H and O–H groups in total. The number of nitrogens with zero attached hydrogens (tertiary/aromatic N) is 1. The summed E-state index contributed by atoms with van der Waals surface area (Å²) in [5.41, 5.74) is 4.75. The minimum atomic E-state index is -1.04.